The first-order chi connectivity index (χ1) is 14.5. The number of urea groups is 1. The van der Waals surface area contributed by atoms with Crippen LogP contribution in [0.2, 0.25) is 0 Å². The second-order valence-corrected chi connectivity index (χ2v) is 12.4. The summed E-state index contributed by atoms with van der Waals surface area (Å²) in [7, 11) is -7.55. The van der Waals surface area contributed by atoms with Crippen LogP contribution in [0.5, 0.6) is 0 Å². The van der Waals surface area contributed by atoms with Crippen LogP contribution in [0.25, 0.3) is 0 Å². The highest BCUT2D eigenvalue weighted by atomic mass is 32.2. The fourth-order valence-corrected chi connectivity index (χ4v) is 7.40. The number of aryl methyl sites for hydroxylation is 2. The number of fused-ring (bicyclic) bond motifs is 2. The zero-order valence-corrected chi connectivity index (χ0v) is 19.5. The Labute approximate surface area is 184 Å². The maximum atomic E-state index is 12.6. The largest absolute Gasteiger partial charge is 0.333 e. The van der Waals surface area contributed by atoms with E-state index in [4.69, 9.17) is 0 Å². The predicted molar refractivity (Wildman–Crippen MR) is 120 cm³/mol. The lowest BCUT2D eigenvalue weighted by Crippen LogP contribution is -2.43. The molecule has 4 rings (SSSR count). The number of amides is 2. The summed E-state index contributed by atoms with van der Waals surface area (Å²) in [6, 6.07) is 1.44. The molecule has 2 aliphatic carbocycles. The lowest BCUT2D eigenvalue weighted by atomic mass is 9.99. The van der Waals surface area contributed by atoms with Crippen LogP contribution in [0, 0.1) is 0 Å². The van der Waals surface area contributed by atoms with Crippen LogP contribution in [0.1, 0.15) is 54.9 Å². The van der Waals surface area contributed by atoms with Gasteiger partial charge in [-0.2, -0.15) is 4.31 Å². The second kappa shape index (κ2) is 7.90. The van der Waals surface area contributed by atoms with Crippen molar-refractivity contribution in [1.29, 1.82) is 0 Å². The molecular formula is C21H29N3O5S2. The second-order valence-electron chi connectivity index (χ2n) is 8.93. The van der Waals surface area contributed by atoms with Gasteiger partial charge < -0.3 is 5.32 Å². The van der Waals surface area contributed by atoms with Gasteiger partial charge in [0.2, 0.25) is 10.0 Å². The number of anilines is 1. The van der Waals surface area contributed by atoms with Gasteiger partial charge in [0, 0.05) is 17.6 Å². The Morgan fingerprint density at radius 3 is 2.23 bits per heavy atom. The quantitative estimate of drug-likeness (QED) is 0.691. The highest BCUT2D eigenvalue weighted by molar-refractivity contribution is 7.93. The van der Waals surface area contributed by atoms with E-state index in [1.54, 1.807) is 6.92 Å². The van der Waals surface area contributed by atoms with Gasteiger partial charge in [-0.15, -0.1) is 0 Å². The van der Waals surface area contributed by atoms with E-state index < -0.39 is 31.6 Å². The van der Waals surface area contributed by atoms with Crippen molar-refractivity contribution in [2.45, 2.75) is 63.8 Å². The van der Waals surface area contributed by atoms with E-state index in [2.05, 4.69) is 11.4 Å². The number of nitrogens with zero attached hydrogens (tertiary/aromatic N) is 1. The summed E-state index contributed by atoms with van der Waals surface area (Å²) in [4.78, 5) is 12.6. The SMILES string of the molecule is C[C@]1(/C=C/S(=O)(=O)NC(=O)Nc2c3c(cc4c2CCC4)CCC3)CCCN1S(C)(=O)=O. The molecule has 1 aliphatic heterocycles. The van der Waals surface area contributed by atoms with Gasteiger partial charge in [0.25, 0.3) is 10.0 Å². The number of hydrogen-bond donors (Lipinski definition) is 2. The van der Waals surface area contributed by atoms with Crippen molar-refractivity contribution in [1.82, 2.24) is 9.03 Å². The molecular weight excluding hydrogens is 438 g/mol. The van der Waals surface area contributed by atoms with E-state index in [1.807, 2.05) is 4.72 Å². The Kier molecular flexibility index (Phi) is 5.68. The molecule has 0 bridgehead atoms. The van der Waals surface area contributed by atoms with E-state index in [-0.39, 0.29) is 0 Å². The summed E-state index contributed by atoms with van der Waals surface area (Å²) in [6.07, 6.45) is 9.42. The minimum absolute atomic E-state index is 0.345. The summed E-state index contributed by atoms with van der Waals surface area (Å²) in [5, 5.41) is 3.70. The van der Waals surface area contributed by atoms with Crippen molar-refractivity contribution in [3.05, 3.63) is 39.8 Å². The maximum Gasteiger partial charge on any atom is 0.333 e. The Balaban J connectivity index is 1.50. The molecule has 2 amide bonds. The molecule has 0 aromatic heterocycles. The van der Waals surface area contributed by atoms with Gasteiger partial charge in [0.15, 0.2) is 0 Å². The number of rotatable bonds is 5. The minimum atomic E-state index is -4.09. The zero-order chi connectivity index (χ0) is 22.4. The molecule has 0 saturated carbocycles. The van der Waals surface area contributed by atoms with E-state index in [1.165, 1.54) is 21.5 Å². The van der Waals surface area contributed by atoms with Gasteiger partial charge in [-0.05, 0) is 80.5 Å². The number of carbonyl (C=O) groups excluding carboxylic acids is 1. The van der Waals surface area contributed by atoms with Crippen LogP contribution < -0.4 is 10.0 Å². The van der Waals surface area contributed by atoms with Crippen LogP contribution in [-0.4, -0.2) is 45.5 Å². The molecule has 1 atom stereocenters. The maximum absolute atomic E-state index is 12.6. The Bertz CT molecular complexity index is 1130. The van der Waals surface area contributed by atoms with E-state index in [0.29, 0.717) is 19.4 Å². The lowest BCUT2D eigenvalue weighted by Gasteiger charge is -2.30. The summed E-state index contributed by atoms with van der Waals surface area (Å²) in [5.41, 5.74) is 4.56. The monoisotopic (exact) mass is 467 g/mol. The van der Waals surface area contributed by atoms with Gasteiger partial charge in [0.05, 0.1) is 11.8 Å². The van der Waals surface area contributed by atoms with Crippen LogP contribution >= 0.6 is 0 Å². The Morgan fingerprint density at radius 1 is 1.03 bits per heavy atom. The number of benzene rings is 1. The van der Waals surface area contributed by atoms with Gasteiger partial charge in [-0.1, -0.05) is 12.1 Å². The van der Waals surface area contributed by atoms with Crippen LogP contribution in [0.4, 0.5) is 10.5 Å². The highest BCUT2D eigenvalue weighted by Gasteiger charge is 2.40. The number of nitrogens with one attached hydrogen (secondary N) is 2. The summed E-state index contributed by atoms with van der Waals surface area (Å²) >= 11 is 0. The molecule has 170 valence electrons. The van der Waals surface area contributed by atoms with Crippen LogP contribution in [0.3, 0.4) is 0 Å². The van der Waals surface area contributed by atoms with E-state index in [9.17, 15) is 21.6 Å². The van der Waals surface area contributed by atoms with Crippen molar-refractivity contribution in [2.24, 2.45) is 0 Å². The number of carbonyl (C=O) groups is 1. The van der Waals surface area contributed by atoms with Crippen molar-refractivity contribution in [2.75, 3.05) is 18.1 Å². The van der Waals surface area contributed by atoms with Gasteiger partial charge >= 0.3 is 6.03 Å². The molecule has 10 heteroatoms. The summed E-state index contributed by atoms with van der Waals surface area (Å²) < 4.78 is 52.4. The number of sulfonamides is 2. The average Bonchev–Trinajstić information content (AvgIpc) is 3.38. The van der Waals surface area contributed by atoms with Crippen molar-refractivity contribution in [3.8, 4) is 0 Å². The average molecular weight is 468 g/mol. The van der Waals surface area contributed by atoms with Crippen molar-refractivity contribution >= 4 is 31.8 Å². The topological polar surface area (TPSA) is 113 Å². The fourth-order valence-electron chi connectivity index (χ4n) is 5.18. The Hall–Kier alpha value is -1.91. The first-order valence-corrected chi connectivity index (χ1v) is 14.1. The van der Waals surface area contributed by atoms with Crippen LogP contribution in [-0.2, 0) is 45.7 Å². The van der Waals surface area contributed by atoms with Crippen molar-refractivity contribution in [3.63, 3.8) is 0 Å². The molecule has 2 N–H and O–H groups in total. The summed E-state index contributed by atoms with van der Waals surface area (Å²) in [6.45, 7) is 2.03. The molecule has 1 saturated heterocycles. The van der Waals surface area contributed by atoms with Gasteiger partial charge in [0.1, 0.15) is 0 Å². The lowest BCUT2D eigenvalue weighted by molar-refractivity contribution is 0.256. The molecule has 0 spiro atoms. The standard InChI is InChI=1S/C21H29N3O5S2/c1-21(10-5-12-24(21)30(2,26)27)11-13-31(28,29)23-20(25)22-19-17-8-3-6-15(17)14-16-7-4-9-18(16)19/h11,13-14H,3-10,12H2,1-2H3,(H2,22,23,25)/b13-11+/t21-/m1/s1. The zero-order valence-electron chi connectivity index (χ0n) is 17.9. The molecule has 31 heavy (non-hydrogen) atoms. The molecule has 1 heterocycles. The smallest absolute Gasteiger partial charge is 0.307 e. The van der Waals surface area contributed by atoms with Crippen molar-refractivity contribution < 1.29 is 21.6 Å². The number of hydrogen-bond acceptors (Lipinski definition) is 5. The fraction of sp³-hybridized carbons (Fsp3) is 0.571. The van der Waals surface area contributed by atoms with Gasteiger partial charge in [-0.25, -0.2) is 26.4 Å². The molecule has 8 nitrogen and oxygen atoms in total. The third-order valence-corrected chi connectivity index (χ3v) is 8.93. The predicted octanol–water partition coefficient (Wildman–Crippen LogP) is 2.44. The molecule has 1 aromatic carbocycles. The first-order valence-electron chi connectivity index (χ1n) is 10.7. The first kappa shape index (κ1) is 22.3. The molecule has 3 aliphatic rings. The normalized spacial score (nSPS) is 23.8. The van der Waals surface area contributed by atoms with E-state index in [0.717, 1.165) is 67.0 Å². The summed E-state index contributed by atoms with van der Waals surface area (Å²) in [5.74, 6) is 0. The third kappa shape index (κ3) is 4.51. The third-order valence-electron chi connectivity index (χ3n) is 6.57. The minimum Gasteiger partial charge on any atom is -0.307 e. The molecule has 1 fully saturated rings. The highest BCUT2D eigenvalue weighted by Crippen LogP contribution is 2.38. The van der Waals surface area contributed by atoms with E-state index >= 15 is 0 Å². The van der Waals surface area contributed by atoms with Crippen LogP contribution in [0.15, 0.2) is 17.6 Å². The molecule has 1 aromatic rings. The Morgan fingerprint density at radius 2 is 1.65 bits per heavy atom. The van der Waals surface area contributed by atoms with Gasteiger partial charge in [-0.3, -0.25) is 0 Å². The molecule has 0 unspecified atom stereocenters. The molecule has 0 radical (unpaired) electrons.